The molecule has 1 saturated heterocycles. The third-order valence-electron chi connectivity index (χ3n) is 5.14. The average molecular weight is 402 g/mol. The first-order valence-electron chi connectivity index (χ1n) is 9.15. The van der Waals surface area contributed by atoms with E-state index in [9.17, 15) is 0 Å². The van der Waals surface area contributed by atoms with E-state index in [1.165, 1.54) is 16.9 Å². The van der Waals surface area contributed by atoms with E-state index < -0.39 is 0 Å². The van der Waals surface area contributed by atoms with Crippen LogP contribution in [0.1, 0.15) is 12.5 Å². The van der Waals surface area contributed by atoms with Crippen LogP contribution in [0.5, 0.6) is 0 Å². The zero-order valence-corrected chi connectivity index (χ0v) is 17.0. The van der Waals surface area contributed by atoms with Crippen molar-refractivity contribution in [3.8, 4) is 0 Å². The highest BCUT2D eigenvalue weighted by atomic mass is 35.5. The SMILES string of the molecule is CC1=CC=C(c2ccc(N3CCN(c4ccccc4)CC3)cc2)NC1Cl.Cl. The van der Waals surface area contributed by atoms with Crippen molar-refractivity contribution in [3.63, 3.8) is 0 Å². The second kappa shape index (κ2) is 8.73. The molecule has 2 aromatic rings. The topological polar surface area (TPSA) is 18.5 Å². The van der Waals surface area contributed by atoms with E-state index in [4.69, 9.17) is 11.6 Å². The first-order chi connectivity index (χ1) is 12.7. The highest BCUT2D eigenvalue weighted by Crippen LogP contribution is 2.25. The third-order valence-corrected chi connectivity index (χ3v) is 5.59. The Morgan fingerprint density at radius 1 is 0.815 bits per heavy atom. The van der Waals surface area contributed by atoms with Crippen LogP contribution in [-0.4, -0.2) is 31.7 Å². The van der Waals surface area contributed by atoms with Crippen molar-refractivity contribution >= 4 is 41.1 Å². The maximum Gasteiger partial charge on any atom is 0.123 e. The number of para-hydroxylation sites is 1. The second-order valence-corrected chi connectivity index (χ2v) is 7.29. The van der Waals surface area contributed by atoms with Crippen LogP contribution in [-0.2, 0) is 0 Å². The van der Waals surface area contributed by atoms with Crippen molar-refractivity contribution in [1.29, 1.82) is 0 Å². The number of piperazine rings is 1. The lowest BCUT2D eigenvalue weighted by Gasteiger charge is -2.37. The van der Waals surface area contributed by atoms with E-state index in [1.54, 1.807) is 0 Å². The standard InChI is InChI=1S/C22H24ClN3.ClH/c1-17-7-12-21(24-22(17)23)18-8-10-20(11-9-18)26-15-13-25(14-16-26)19-5-3-2-4-6-19;/h2-12,22,24H,13-16H2,1H3;1H. The fourth-order valence-corrected chi connectivity index (χ4v) is 3.68. The molecule has 27 heavy (non-hydrogen) atoms. The van der Waals surface area contributed by atoms with Crippen molar-refractivity contribution in [1.82, 2.24) is 5.32 Å². The van der Waals surface area contributed by atoms with Crippen LogP contribution in [0.15, 0.2) is 72.3 Å². The Kier molecular flexibility index (Phi) is 6.35. The number of hydrogen-bond acceptors (Lipinski definition) is 3. The molecular formula is C22H25Cl2N3. The lowest BCUT2D eigenvalue weighted by molar-refractivity contribution is 0.653. The summed E-state index contributed by atoms with van der Waals surface area (Å²) in [7, 11) is 0. The molecule has 0 bridgehead atoms. The summed E-state index contributed by atoms with van der Waals surface area (Å²) in [6, 6.07) is 19.4. The lowest BCUT2D eigenvalue weighted by atomic mass is 10.1. The molecular weight excluding hydrogens is 377 g/mol. The van der Waals surface area contributed by atoms with Crippen molar-refractivity contribution in [2.24, 2.45) is 0 Å². The Morgan fingerprint density at radius 3 is 1.93 bits per heavy atom. The zero-order valence-electron chi connectivity index (χ0n) is 15.4. The first-order valence-corrected chi connectivity index (χ1v) is 9.59. The summed E-state index contributed by atoms with van der Waals surface area (Å²) in [6.45, 7) is 6.23. The molecule has 5 heteroatoms. The number of rotatable bonds is 3. The minimum Gasteiger partial charge on any atom is -0.368 e. The van der Waals surface area contributed by atoms with Crippen molar-refractivity contribution < 1.29 is 0 Å². The van der Waals surface area contributed by atoms with Crippen molar-refractivity contribution in [2.45, 2.75) is 12.4 Å². The second-order valence-electron chi connectivity index (χ2n) is 6.85. The smallest absolute Gasteiger partial charge is 0.123 e. The maximum atomic E-state index is 6.30. The van der Waals surface area contributed by atoms with Gasteiger partial charge >= 0.3 is 0 Å². The number of alkyl halides is 1. The van der Waals surface area contributed by atoms with Crippen LogP contribution in [0, 0.1) is 0 Å². The summed E-state index contributed by atoms with van der Waals surface area (Å²) >= 11 is 6.30. The number of benzene rings is 2. The molecule has 0 aliphatic carbocycles. The number of dihydropyridines is 1. The Balaban J connectivity index is 0.00000210. The van der Waals surface area contributed by atoms with E-state index in [1.807, 2.05) is 6.92 Å². The van der Waals surface area contributed by atoms with Gasteiger partial charge in [0.1, 0.15) is 5.50 Å². The summed E-state index contributed by atoms with van der Waals surface area (Å²) in [6.07, 6.45) is 4.18. The van der Waals surface area contributed by atoms with E-state index in [0.717, 1.165) is 37.4 Å². The van der Waals surface area contributed by atoms with Gasteiger partial charge in [0, 0.05) is 43.3 Å². The fraction of sp³-hybridized carbons (Fsp3) is 0.273. The molecule has 1 fully saturated rings. The van der Waals surface area contributed by atoms with Gasteiger partial charge in [-0.2, -0.15) is 0 Å². The highest BCUT2D eigenvalue weighted by molar-refractivity contribution is 6.22. The molecule has 3 nitrogen and oxygen atoms in total. The molecule has 0 saturated carbocycles. The van der Waals surface area contributed by atoms with Gasteiger partial charge in [-0.25, -0.2) is 0 Å². The molecule has 1 N–H and O–H groups in total. The summed E-state index contributed by atoms with van der Waals surface area (Å²) in [5, 5.41) is 3.34. The van der Waals surface area contributed by atoms with Crippen molar-refractivity contribution in [3.05, 3.63) is 77.9 Å². The third kappa shape index (κ3) is 4.42. The van der Waals surface area contributed by atoms with Crippen LogP contribution >= 0.6 is 24.0 Å². The minimum absolute atomic E-state index is 0. The molecule has 0 spiro atoms. The van der Waals surface area contributed by atoms with Gasteiger partial charge in [-0.3, -0.25) is 0 Å². The van der Waals surface area contributed by atoms with Crippen molar-refractivity contribution in [2.75, 3.05) is 36.0 Å². The van der Waals surface area contributed by atoms with Crippen LogP contribution in [0.3, 0.4) is 0 Å². The van der Waals surface area contributed by atoms with E-state index >= 15 is 0 Å². The monoisotopic (exact) mass is 401 g/mol. The van der Waals surface area contributed by atoms with Gasteiger partial charge in [0.25, 0.3) is 0 Å². The van der Waals surface area contributed by atoms with Crippen LogP contribution in [0.25, 0.3) is 5.70 Å². The zero-order chi connectivity index (χ0) is 17.9. The molecule has 0 amide bonds. The molecule has 4 rings (SSSR count). The maximum absolute atomic E-state index is 6.30. The number of allylic oxidation sites excluding steroid dienone is 2. The van der Waals surface area contributed by atoms with Gasteiger partial charge in [-0.05, 0) is 48.4 Å². The van der Waals surface area contributed by atoms with Gasteiger partial charge in [0.05, 0.1) is 0 Å². The number of nitrogens with one attached hydrogen (secondary N) is 1. The van der Waals surface area contributed by atoms with Gasteiger partial charge in [0.2, 0.25) is 0 Å². The number of nitrogens with zero attached hydrogens (tertiary/aromatic N) is 2. The highest BCUT2D eigenvalue weighted by Gasteiger charge is 2.18. The van der Waals surface area contributed by atoms with Gasteiger partial charge in [-0.1, -0.05) is 48.0 Å². The minimum atomic E-state index is -0.124. The quantitative estimate of drug-likeness (QED) is 0.583. The number of hydrogen-bond donors (Lipinski definition) is 1. The van der Waals surface area contributed by atoms with Gasteiger partial charge in [-0.15, -0.1) is 12.4 Å². The molecule has 1 atom stereocenters. The Bertz CT molecular complexity index is 807. The van der Waals surface area contributed by atoms with E-state index in [2.05, 4.69) is 81.9 Å². The number of halogens is 2. The van der Waals surface area contributed by atoms with Crippen LogP contribution in [0.2, 0.25) is 0 Å². The number of anilines is 2. The molecule has 2 heterocycles. The van der Waals surface area contributed by atoms with E-state index in [-0.39, 0.29) is 17.9 Å². The Morgan fingerprint density at radius 2 is 1.37 bits per heavy atom. The molecule has 2 aliphatic heterocycles. The average Bonchev–Trinajstić information content (AvgIpc) is 2.71. The molecule has 0 radical (unpaired) electrons. The summed E-state index contributed by atoms with van der Waals surface area (Å²) in [4.78, 5) is 4.91. The summed E-state index contributed by atoms with van der Waals surface area (Å²) in [5.41, 5.74) is 5.87. The van der Waals surface area contributed by atoms with Crippen LogP contribution < -0.4 is 15.1 Å². The molecule has 0 aromatic heterocycles. The van der Waals surface area contributed by atoms with E-state index in [0.29, 0.717) is 0 Å². The summed E-state index contributed by atoms with van der Waals surface area (Å²) in [5.74, 6) is 0. The van der Waals surface area contributed by atoms with Gasteiger partial charge in [0.15, 0.2) is 0 Å². The normalized spacial score (nSPS) is 19.6. The Hall–Kier alpha value is -2.10. The molecule has 142 valence electrons. The molecule has 1 unspecified atom stereocenters. The summed E-state index contributed by atoms with van der Waals surface area (Å²) < 4.78 is 0. The molecule has 2 aromatic carbocycles. The first kappa shape index (κ1) is 19.7. The van der Waals surface area contributed by atoms with Crippen LogP contribution in [0.4, 0.5) is 11.4 Å². The predicted molar refractivity (Wildman–Crippen MR) is 119 cm³/mol. The largest absolute Gasteiger partial charge is 0.368 e. The predicted octanol–water partition coefficient (Wildman–Crippen LogP) is 4.89. The Labute approximate surface area is 172 Å². The van der Waals surface area contributed by atoms with Gasteiger partial charge < -0.3 is 15.1 Å². The lowest BCUT2D eigenvalue weighted by Crippen LogP contribution is -2.46. The molecule has 2 aliphatic rings. The fourth-order valence-electron chi connectivity index (χ4n) is 3.49.